The fourth-order valence-electron chi connectivity index (χ4n) is 4.67. The van der Waals surface area contributed by atoms with Gasteiger partial charge in [0, 0.05) is 16.9 Å². The zero-order valence-corrected chi connectivity index (χ0v) is 22.9. The van der Waals surface area contributed by atoms with E-state index in [2.05, 4.69) is 29.2 Å². The summed E-state index contributed by atoms with van der Waals surface area (Å²) >= 11 is 6.25. The SMILES string of the molecule is Cc1ccnc2c(C(=O)Nc3cc(Cl)ccc3OC3CCC(CC(C)(C)[Si](C)(C)O)CC3)cnn12. The van der Waals surface area contributed by atoms with Crippen molar-refractivity contribution in [3.63, 3.8) is 0 Å². The zero-order valence-electron chi connectivity index (χ0n) is 21.1. The minimum atomic E-state index is -2.21. The molecule has 0 bridgehead atoms. The highest BCUT2D eigenvalue weighted by Crippen LogP contribution is 2.45. The van der Waals surface area contributed by atoms with Gasteiger partial charge in [-0.05, 0) is 87.3 Å². The van der Waals surface area contributed by atoms with Crippen LogP contribution < -0.4 is 10.1 Å². The maximum absolute atomic E-state index is 13.1. The third-order valence-corrected chi connectivity index (χ3v) is 11.3. The summed E-state index contributed by atoms with van der Waals surface area (Å²) in [6.07, 6.45) is 8.34. The number of nitrogens with one attached hydrogen (secondary N) is 1. The summed E-state index contributed by atoms with van der Waals surface area (Å²) in [4.78, 5) is 28.1. The Morgan fingerprint density at radius 3 is 2.66 bits per heavy atom. The first kappa shape index (κ1) is 25.7. The van der Waals surface area contributed by atoms with E-state index in [0.717, 1.165) is 37.8 Å². The molecule has 1 fully saturated rings. The molecule has 0 saturated heterocycles. The largest absolute Gasteiger partial charge is 0.488 e. The third-order valence-electron chi connectivity index (χ3n) is 7.57. The number of aryl methyl sites for hydroxylation is 1. The van der Waals surface area contributed by atoms with E-state index in [0.29, 0.717) is 33.6 Å². The summed E-state index contributed by atoms with van der Waals surface area (Å²) in [7, 11) is -2.21. The van der Waals surface area contributed by atoms with Crippen molar-refractivity contribution in [3.8, 4) is 5.75 Å². The number of hydrogen-bond acceptors (Lipinski definition) is 5. The summed E-state index contributed by atoms with van der Waals surface area (Å²) in [6, 6.07) is 7.13. The second kappa shape index (κ2) is 9.91. The molecule has 2 heterocycles. The number of benzene rings is 1. The molecule has 35 heavy (non-hydrogen) atoms. The maximum Gasteiger partial charge on any atom is 0.261 e. The smallest absolute Gasteiger partial charge is 0.261 e. The summed E-state index contributed by atoms with van der Waals surface area (Å²) in [5, 5.41) is 7.74. The Morgan fingerprint density at radius 1 is 1.26 bits per heavy atom. The Labute approximate surface area is 213 Å². The van der Waals surface area contributed by atoms with Crippen LogP contribution in [-0.4, -0.2) is 39.7 Å². The van der Waals surface area contributed by atoms with Gasteiger partial charge in [-0.2, -0.15) is 5.10 Å². The molecule has 0 aliphatic heterocycles. The number of halogens is 1. The lowest BCUT2D eigenvalue weighted by molar-refractivity contribution is 0.102. The Hall–Kier alpha value is -2.42. The molecule has 1 aliphatic rings. The topological polar surface area (TPSA) is 88.8 Å². The van der Waals surface area contributed by atoms with E-state index in [1.54, 1.807) is 22.8 Å². The van der Waals surface area contributed by atoms with Gasteiger partial charge in [0.05, 0.1) is 18.0 Å². The van der Waals surface area contributed by atoms with Crippen LogP contribution in [0.3, 0.4) is 0 Å². The van der Waals surface area contributed by atoms with Crippen LogP contribution >= 0.6 is 11.6 Å². The highest BCUT2D eigenvalue weighted by molar-refractivity contribution is 6.72. The van der Waals surface area contributed by atoms with Crippen LogP contribution in [0.2, 0.25) is 23.2 Å². The van der Waals surface area contributed by atoms with E-state index in [4.69, 9.17) is 16.3 Å². The first-order valence-electron chi connectivity index (χ1n) is 12.2. The van der Waals surface area contributed by atoms with Crippen LogP contribution in [0.25, 0.3) is 5.65 Å². The molecule has 1 amide bonds. The van der Waals surface area contributed by atoms with Crippen LogP contribution in [0, 0.1) is 12.8 Å². The number of ether oxygens (including phenoxy) is 1. The van der Waals surface area contributed by atoms with Crippen molar-refractivity contribution in [1.82, 2.24) is 14.6 Å². The van der Waals surface area contributed by atoms with E-state index in [1.165, 1.54) is 6.20 Å². The average Bonchev–Trinajstić information content (AvgIpc) is 3.22. The van der Waals surface area contributed by atoms with Gasteiger partial charge in [-0.25, -0.2) is 9.50 Å². The molecule has 2 aromatic heterocycles. The molecule has 0 unspecified atom stereocenters. The van der Waals surface area contributed by atoms with Gasteiger partial charge in [-0.15, -0.1) is 0 Å². The predicted molar refractivity (Wildman–Crippen MR) is 142 cm³/mol. The molecule has 1 saturated carbocycles. The number of nitrogens with zero attached hydrogens (tertiary/aromatic N) is 3. The van der Waals surface area contributed by atoms with E-state index in [1.807, 2.05) is 32.2 Å². The van der Waals surface area contributed by atoms with Gasteiger partial charge in [0.15, 0.2) is 14.0 Å². The molecule has 188 valence electrons. The van der Waals surface area contributed by atoms with Gasteiger partial charge in [0.25, 0.3) is 5.91 Å². The number of amides is 1. The predicted octanol–water partition coefficient (Wildman–Crippen LogP) is 6.25. The second-order valence-corrected chi connectivity index (χ2v) is 15.8. The minimum Gasteiger partial charge on any atom is -0.488 e. The Balaban J connectivity index is 1.43. The molecular weight excluding hydrogens is 480 g/mol. The minimum absolute atomic E-state index is 0.00942. The van der Waals surface area contributed by atoms with Crippen LogP contribution in [0.1, 0.15) is 62.0 Å². The molecule has 0 radical (unpaired) electrons. The van der Waals surface area contributed by atoms with Crippen molar-refractivity contribution in [2.75, 3.05) is 5.32 Å². The average molecular weight is 515 g/mol. The lowest BCUT2D eigenvalue weighted by atomic mass is 9.82. The van der Waals surface area contributed by atoms with Crippen molar-refractivity contribution < 1.29 is 14.3 Å². The molecule has 0 atom stereocenters. The normalized spacial score (nSPS) is 19.1. The maximum atomic E-state index is 13.1. The van der Waals surface area contributed by atoms with Crippen LogP contribution in [0.4, 0.5) is 5.69 Å². The zero-order chi connectivity index (χ0) is 25.4. The van der Waals surface area contributed by atoms with E-state index < -0.39 is 8.32 Å². The summed E-state index contributed by atoms with van der Waals surface area (Å²) in [5.41, 5.74) is 2.32. The Bertz CT molecular complexity index is 1210. The van der Waals surface area contributed by atoms with Gasteiger partial charge >= 0.3 is 0 Å². The highest BCUT2D eigenvalue weighted by atomic mass is 35.5. The van der Waals surface area contributed by atoms with E-state index in [9.17, 15) is 9.59 Å². The van der Waals surface area contributed by atoms with Crippen molar-refractivity contribution >= 4 is 37.2 Å². The molecule has 3 aromatic rings. The van der Waals surface area contributed by atoms with Crippen molar-refractivity contribution in [1.29, 1.82) is 0 Å². The molecule has 9 heteroatoms. The van der Waals surface area contributed by atoms with Gasteiger partial charge < -0.3 is 14.8 Å². The van der Waals surface area contributed by atoms with Crippen LogP contribution in [-0.2, 0) is 0 Å². The fourth-order valence-corrected chi connectivity index (χ4v) is 5.63. The number of fused-ring (bicyclic) bond motifs is 1. The summed E-state index contributed by atoms with van der Waals surface area (Å²) in [6.45, 7) is 10.4. The van der Waals surface area contributed by atoms with Crippen LogP contribution in [0.15, 0.2) is 36.7 Å². The molecule has 2 N–H and O–H groups in total. The monoisotopic (exact) mass is 514 g/mol. The standard InChI is InChI=1S/C26H35ClN4O3Si/c1-17-12-13-28-24-21(16-29-31(17)24)25(32)30-22-14-19(27)8-11-23(22)34-20-9-6-18(7-10-20)15-26(2,3)35(4,5)33/h8,11-14,16,18,20,33H,6-7,9-10,15H2,1-5H3,(H,30,32). The first-order valence-corrected chi connectivity index (χ1v) is 15.6. The molecular formula is C26H35ClN4O3Si. The number of carbonyl (C=O) groups excluding carboxylic acids is 1. The van der Waals surface area contributed by atoms with Gasteiger partial charge in [-0.3, -0.25) is 4.79 Å². The highest BCUT2D eigenvalue weighted by Gasteiger charge is 2.40. The summed E-state index contributed by atoms with van der Waals surface area (Å²) in [5.74, 6) is 0.891. The number of carbonyl (C=O) groups is 1. The first-order chi connectivity index (χ1) is 16.4. The van der Waals surface area contributed by atoms with Gasteiger partial charge in [0.1, 0.15) is 11.3 Å². The molecule has 1 aliphatic carbocycles. The number of anilines is 1. The van der Waals surface area contributed by atoms with Gasteiger partial charge in [0.2, 0.25) is 0 Å². The number of hydrogen-bond donors (Lipinski definition) is 2. The Morgan fingerprint density at radius 2 is 1.97 bits per heavy atom. The molecule has 1 aromatic carbocycles. The quantitative estimate of drug-likeness (QED) is 0.364. The van der Waals surface area contributed by atoms with Crippen molar-refractivity contribution in [3.05, 3.63) is 52.9 Å². The van der Waals surface area contributed by atoms with Crippen molar-refractivity contribution in [2.24, 2.45) is 5.92 Å². The van der Waals surface area contributed by atoms with E-state index >= 15 is 0 Å². The number of rotatable bonds is 7. The van der Waals surface area contributed by atoms with E-state index in [-0.39, 0.29) is 17.0 Å². The molecule has 7 nitrogen and oxygen atoms in total. The lowest BCUT2D eigenvalue weighted by Crippen LogP contribution is -2.40. The fraction of sp³-hybridized carbons (Fsp3) is 0.500. The lowest BCUT2D eigenvalue weighted by Gasteiger charge is -2.40. The molecule has 4 rings (SSSR count). The van der Waals surface area contributed by atoms with Crippen molar-refractivity contribution in [2.45, 2.75) is 77.1 Å². The van der Waals surface area contributed by atoms with Gasteiger partial charge in [-0.1, -0.05) is 25.4 Å². The second-order valence-electron chi connectivity index (χ2n) is 10.9. The van der Waals surface area contributed by atoms with Crippen LogP contribution in [0.5, 0.6) is 5.75 Å². The number of aromatic nitrogens is 3. The molecule has 0 spiro atoms. The Kier molecular flexibility index (Phi) is 7.27. The third kappa shape index (κ3) is 5.71. The summed E-state index contributed by atoms with van der Waals surface area (Å²) < 4.78 is 8.00.